The Morgan fingerprint density at radius 2 is 2.05 bits per heavy atom. The highest BCUT2D eigenvalue weighted by Crippen LogP contribution is 2.31. The molecule has 108 valence electrons. The van der Waals surface area contributed by atoms with E-state index < -0.39 is 0 Å². The maximum Gasteiger partial charge on any atom is 0.321 e. The van der Waals surface area contributed by atoms with E-state index in [1.165, 1.54) is 0 Å². The number of nitrogens with zero attached hydrogens (tertiary/aromatic N) is 3. The van der Waals surface area contributed by atoms with Crippen LogP contribution in [0.3, 0.4) is 0 Å². The standard InChI is InChI=1S/C14H11Cl2N3O2/c1-2-6-20-14-18-12(17-13(16)19-14)10-7-8-4-3-5-9(15)11(8)21-10/h3-5,7H,2,6H2,1H3. The van der Waals surface area contributed by atoms with Gasteiger partial charge in [0, 0.05) is 5.39 Å². The van der Waals surface area contributed by atoms with E-state index in [4.69, 9.17) is 32.4 Å². The molecule has 7 heteroatoms. The third kappa shape index (κ3) is 2.94. The van der Waals surface area contributed by atoms with Crippen LogP contribution in [0.15, 0.2) is 28.7 Å². The van der Waals surface area contributed by atoms with Crippen molar-refractivity contribution < 1.29 is 9.15 Å². The number of furan rings is 1. The second-order valence-electron chi connectivity index (χ2n) is 4.33. The fourth-order valence-electron chi connectivity index (χ4n) is 1.84. The van der Waals surface area contributed by atoms with Crippen LogP contribution in [0.25, 0.3) is 22.6 Å². The number of ether oxygens (including phenoxy) is 1. The fraction of sp³-hybridized carbons (Fsp3) is 0.214. The Morgan fingerprint density at radius 3 is 2.81 bits per heavy atom. The van der Waals surface area contributed by atoms with E-state index in [-0.39, 0.29) is 11.3 Å². The minimum atomic E-state index is 0.0534. The summed E-state index contributed by atoms with van der Waals surface area (Å²) in [5, 5.41) is 1.45. The molecule has 0 aliphatic carbocycles. The van der Waals surface area contributed by atoms with Gasteiger partial charge in [-0.2, -0.15) is 15.0 Å². The average molecular weight is 324 g/mol. The van der Waals surface area contributed by atoms with Crippen molar-refractivity contribution in [2.45, 2.75) is 13.3 Å². The lowest BCUT2D eigenvalue weighted by Gasteiger charge is -2.03. The largest absolute Gasteiger partial charge is 0.463 e. The van der Waals surface area contributed by atoms with Gasteiger partial charge in [-0.3, -0.25) is 0 Å². The summed E-state index contributed by atoms with van der Waals surface area (Å²) >= 11 is 12.0. The summed E-state index contributed by atoms with van der Waals surface area (Å²) in [6, 6.07) is 7.48. The molecule has 5 nitrogen and oxygen atoms in total. The van der Waals surface area contributed by atoms with Gasteiger partial charge in [0.1, 0.15) is 0 Å². The van der Waals surface area contributed by atoms with E-state index >= 15 is 0 Å². The number of aromatic nitrogens is 3. The highest BCUT2D eigenvalue weighted by Gasteiger charge is 2.14. The smallest absolute Gasteiger partial charge is 0.321 e. The topological polar surface area (TPSA) is 61.0 Å². The molecule has 0 radical (unpaired) electrons. The Hall–Kier alpha value is -1.85. The van der Waals surface area contributed by atoms with Crippen LogP contribution < -0.4 is 4.74 Å². The lowest BCUT2D eigenvalue weighted by Crippen LogP contribution is -2.02. The molecule has 0 saturated heterocycles. The number of hydrogen-bond donors (Lipinski definition) is 0. The zero-order valence-corrected chi connectivity index (χ0v) is 12.6. The van der Waals surface area contributed by atoms with Crippen molar-refractivity contribution in [3.63, 3.8) is 0 Å². The van der Waals surface area contributed by atoms with E-state index in [1.54, 1.807) is 12.1 Å². The van der Waals surface area contributed by atoms with Crippen LogP contribution in [-0.2, 0) is 0 Å². The van der Waals surface area contributed by atoms with E-state index in [0.717, 1.165) is 11.8 Å². The minimum Gasteiger partial charge on any atom is -0.463 e. The second-order valence-corrected chi connectivity index (χ2v) is 5.07. The maximum atomic E-state index is 6.09. The molecule has 0 atom stereocenters. The molecule has 0 aliphatic rings. The van der Waals surface area contributed by atoms with Gasteiger partial charge in [-0.05, 0) is 30.2 Å². The first-order chi connectivity index (χ1) is 10.2. The molecule has 3 aromatic rings. The van der Waals surface area contributed by atoms with Crippen molar-refractivity contribution in [3.05, 3.63) is 34.6 Å². The number of fused-ring (bicyclic) bond motifs is 1. The van der Waals surface area contributed by atoms with Crippen LogP contribution in [0.1, 0.15) is 13.3 Å². The maximum absolute atomic E-state index is 6.09. The van der Waals surface area contributed by atoms with E-state index in [0.29, 0.717) is 28.8 Å². The van der Waals surface area contributed by atoms with Crippen LogP contribution >= 0.6 is 23.2 Å². The third-order valence-corrected chi connectivity index (χ3v) is 3.21. The van der Waals surface area contributed by atoms with Gasteiger partial charge < -0.3 is 9.15 Å². The summed E-state index contributed by atoms with van der Waals surface area (Å²) < 4.78 is 11.1. The molecule has 0 aliphatic heterocycles. The lowest BCUT2D eigenvalue weighted by molar-refractivity contribution is 0.291. The first-order valence-electron chi connectivity index (χ1n) is 6.40. The van der Waals surface area contributed by atoms with Crippen molar-refractivity contribution in [2.24, 2.45) is 0 Å². The molecule has 21 heavy (non-hydrogen) atoms. The predicted molar refractivity (Wildman–Crippen MR) is 80.8 cm³/mol. The van der Waals surface area contributed by atoms with Gasteiger partial charge in [0.15, 0.2) is 11.3 Å². The minimum absolute atomic E-state index is 0.0534. The summed E-state index contributed by atoms with van der Waals surface area (Å²) in [5.74, 6) is 0.775. The Bertz CT molecular complexity index is 789. The predicted octanol–water partition coefficient (Wildman–Crippen LogP) is 4.38. The number of hydrogen-bond acceptors (Lipinski definition) is 5. The highest BCUT2D eigenvalue weighted by atomic mass is 35.5. The molecule has 0 saturated carbocycles. The van der Waals surface area contributed by atoms with Crippen molar-refractivity contribution in [1.29, 1.82) is 0 Å². The summed E-state index contributed by atoms with van der Waals surface area (Å²) in [5.41, 5.74) is 0.585. The van der Waals surface area contributed by atoms with Crippen molar-refractivity contribution in [1.82, 2.24) is 15.0 Å². The van der Waals surface area contributed by atoms with E-state index in [2.05, 4.69) is 15.0 Å². The normalized spacial score (nSPS) is 11.0. The van der Waals surface area contributed by atoms with Crippen LogP contribution in [0.2, 0.25) is 10.3 Å². The Balaban J connectivity index is 2.05. The van der Waals surface area contributed by atoms with Crippen molar-refractivity contribution in [3.8, 4) is 17.6 Å². The Kier molecular flexibility index (Phi) is 3.94. The van der Waals surface area contributed by atoms with E-state index in [9.17, 15) is 0 Å². The van der Waals surface area contributed by atoms with Crippen molar-refractivity contribution >= 4 is 34.2 Å². The zero-order chi connectivity index (χ0) is 14.8. The SMILES string of the molecule is CCCOc1nc(Cl)nc(-c2cc3cccc(Cl)c3o2)n1. The first-order valence-corrected chi connectivity index (χ1v) is 7.16. The number of para-hydroxylation sites is 1. The number of halogens is 2. The molecule has 0 amide bonds. The van der Waals surface area contributed by atoms with Gasteiger partial charge >= 0.3 is 6.01 Å². The van der Waals surface area contributed by atoms with Crippen LogP contribution in [0, 0.1) is 0 Å². The molecular weight excluding hydrogens is 313 g/mol. The fourth-order valence-corrected chi connectivity index (χ4v) is 2.21. The quantitative estimate of drug-likeness (QED) is 0.713. The van der Waals surface area contributed by atoms with Gasteiger partial charge in [-0.25, -0.2) is 0 Å². The molecule has 2 heterocycles. The molecule has 3 rings (SSSR count). The molecule has 0 spiro atoms. The molecular formula is C14H11Cl2N3O2. The summed E-state index contributed by atoms with van der Waals surface area (Å²) in [7, 11) is 0. The number of benzene rings is 1. The molecule has 0 fully saturated rings. The summed E-state index contributed by atoms with van der Waals surface area (Å²) in [6.45, 7) is 2.50. The van der Waals surface area contributed by atoms with E-state index in [1.807, 2.05) is 19.1 Å². The van der Waals surface area contributed by atoms with Gasteiger partial charge in [-0.15, -0.1) is 0 Å². The Labute approximate surface area is 130 Å². The molecule has 2 aromatic heterocycles. The summed E-state index contributed by atoms with van der Waals surface area (Å²) in [4.78, 5) is 12.2. The molecule has 0 unspecified atom stereocenters. The molecule has 0 N–H and O–H groups in total. The first kappa shape index (κ1) is 14.1. The summed E-state index contributed by atoms with van der Waals surface area (Å²) in [6.07, 6.45) is 0.846. The zero-order valence-electron chi connectivity index (χ0n) is 11.1. The Morgan fingerprint density at radius 1 is 1.19 bits per heavy atom. The van der Waals surface area contributed by atoms with Crippen LogP contribution in [0.5, 0.6) is 6.01 Å². The number of rotatable bonds is 4. The van der Waals surface area contributed by atoms with Crippen LogP contribution in [0.4, 0.5) is 0 Å². The van der Waals surface area contributed by atoms with Crippen LogP contribution in [-0.4, -0.2) is 21.6 Å². The van der Waals surface area contributed by atoms with Gasteiger partial charge in [0.25, 0.3) is 0 Å². The lowest BCUT2D eigenvalue weighted by atomic mass is 10.2. The van der Waals surface area contributed by atoms with Gasteiger partial charge in [0.05, 0.1) is 11.6 Å². The third-order valence-electron chi connectivity index (χ3n) is 2.74. The molecule has 1 aromatic carbocycles. The second kappa shape index (κ2) is 5.87. The monoisotopic (exact) mass is 323 g/mol. The van der Waals surface area contributed by atoms with Crippen molar-refractivity contribution in [2.75, 3.05) is 6.61 Å². The molecule has 0 bridgehead atoms. The van der Waals surface area contributed by atoms with Gasteiger partial charge in [-0.1, -0.05) is 30.7 Å². The average Bonchev–Trinajstić information content (AvgIpc) is 2.90. The highest BCUT2D eigenvalue weighted by molar-refractivity contribution is 6.34. The van der Waals surface area contributed by atoms with Gasteiger partial charge in [0.2, 0.25) is 11.1 Å².